The smallest absolute Gasteiger partial charge is 0.255 e. The number of carbonyl (C=O) groups excluding carboxylic acids is 2. The van der Waals surface area contributed by atoms with Gasteiger partial charge in [0.25, 0.3) is 5.91 Å². The summed E-state index contributed by atoms with van der Waals surface area (Å²) in [6, 6.07) is 16.5. The molecular weight excluding hydrogens is 352 g/mol. The third-order valence-electron chi connectivity index (χ3n) is 3.98. The van der Waals surface area contributed by atoms with Gasteiger partial charge in [0.2, 0.25) is 5.91 Å². The summed E-state index contributed by atoms with van der Waals surface area (Å²) in [7, 11) is 0. The van der Waals surface area contributed by atoms with Crippen LogP contribution in [-0.4, -0.2) is 16.8 Å². The summed E-state index contributed by atoms with van der Waals surface area (Å²) >= 11 is 0. The largest absolute Gasteiger partial charge is 0.340 e. The first kappa shape index (κ1) is 19.1. The summed E-state index contributed by atoms with van der Waals surface area (Å²) in [6.07, 6.45) is 1.60. The molecule has 0 aliphatic heterocycles. The number of amides is 2. The molecule has 1 aromatic heterocycles. The van der Waals surface area contributed by atoms with Crippen LogP contribution in [0.3, 0.4) is 0 Å². The highest BCUT2D eigenvalue weighted by molar-refractivity contribution is 6.04. The van der Waals surface area contributed by atoms with Crippen molar-refractivity contribution in [1.29, 1.82) is 0 Å². The minimum atomic E-state index is -0.238. The fourth-order valence-electron chi connectivity index (χ4n) is 2.88. The summed E-state index contributed by atoms with van der Waals surface area (Å²) in [4.78, 5) is 27.9. The summed E-state index contributed by atoms with van der Waals surface area (Å²) in [5, 5.41) is 8.77. The third kappa shape index (κ3) is 5.17. The lowest BCUT2D eigenvalue weighted by Crippen LogP contribution is -2.12. The van der Waals surface area contributed by atoms with Gasteiger partial charge in [-0.2, -0.15) is 0 Å². The lowest BCUT2D eigenvalue weighted by Gasteiger charge is -2.10. The first-order chi connectivity index (χ1) is 13.4. The molecule has 0 fully saturated rings. The fraction of sp³-hybridized carbons (Fsp3) is 0.136. The minimum Gasteiger partial charge on any atom is -0.340 e. The normalized spacial score (nSPS) is 10.2. The third-order valence-corrected chi connectivity index (χ3v) is 3.98. The van der Waals surface area contributed by atoms with Crippen molar-refractivity contribution >= 4 is 34.7 Å². The van der Waals surface area contributed by atoms with Crippen molar-refractivity contribution in [3.8, 4) is 0 Å². The molecule has 0 spiro atoms. The molecule has 0 radical (unpaired) electrons. The topological polar surface area (TPSA) is 83.1 Å². The number of hydrogen-bond donors (Lipinski definition) is 3. The van der Waals surface area contributed by atoms with Gasteiger partial charge in [-0.3, -0.25) is 9.59 Å². The summed E-state index contributed by atoms with van der Waals surface area (Å²) < 4.78 is 0. The number of nitrogens with zero attached hydrogens (tertiary/aromatic N) is 1. The highest BCUT2D eigenvalue weighted by Crippen LogP contribution is 2.20. The van der Waals surface area contributed by atoms with Crippen LogP contribution in [0.2, 0.25) is 0 Å². The molecule has 142 valence electrons. The van der Waals surface area contributed by atoms with E-state index in [1.54, 1.807) is 42.6 Å². The molecule has 0 saturated heterocycles. The number of benzene rings is 2. The molecule has 2 amide bonds. The number of pyridine rings is 1. The van der Waals surface area contributed by atoms with Crippen LogP contribution in [0.15, 0.2) is 60.8 Å². The first-order valence-electron chi connectivity index (χ1n) is 8.89. The zero-order valence-corrected chi connectivity index (χ0v) is 16.0. The number of aromatic nitrogens is 1. The maximum Gasteiger partial charge on any atom is 0.255 e. The molecule has 0 saturated carbocycles. The Balaban J connectivity index is 1.70. The van der Waals surface area contributed by atoms with Gasteiger partial charge in [0.15, 0.2) is 0 Å². The molecule has 3 rings (SSSR count). The molecule has 6 nitrogen and oxygen atoms in total. The second-order valence-electron chi connectivity index (χ2n) is 6.64. The van der Waals surface area contributed by atoms with Gasteiger partial charge in [0, 0.05) is 35.7 Å². The van der Waals surface area contributed by atoms with Gasteiger partial charge in [0.05, 0.1) is 0 Å². The first-order valence-corrected chi connectivity index (χ1v) is 8.89. The van der Waals surface area contributed by atoms with E-state index in [0.29, 0.717) is 22.8 Å². The maximum absolute atomic E-state index is 12.6. The lowest BCUT2D eigenvalue weighted by atomic mass is 10.1. The SMILES string of the molecule is CC(=O)Nc1ccc(NC(=O)c2ccnc(Nc3cc(C)cc(C)c3)c2)cc1. The number of anilines is 4. The molecular formula is C22H22N4O2. The molecule has 28 heavy (non-hydrogen) atoms. The van der Waals surface area contributed by atoms with E-state index in [2.05, 4.69) is 27.0 Å². The Labute approximate surface area is 164 Å². The van der Waals surface area contributed by atoms with Gasteiger partial charge in [-0.1, -0.05) is 6.07 Å². The summed E-state index contributed by atoms with van der Waals surface area (Å²) in [6.45, 7) is 5.52. The number of carbonyl (C=O) groups is 2. The predicted molar refractivity (Wildman–Crippen MR) is 112 cm³/mol. The van der Waals surface area contributed by atoms with Crippen molar-refractivity contribution in [1.82, 2.24) is 4.98 Å². The standard InChI is InChI=1S/C22H22N4O2/c1-14-10-15(2)12-20(11-14)25-21-13-17(8-9-23-21)22(28)26-19-6-4-18(5-7-19)24-16(3)27/h4-13H,1-3H3,(H,23,25)(H,24,27)(H,26,28). The molecule has 0 aliphatic rings. The van der Waals surface area contributed by atoms with Crippen molar-refractivity contribution in [2.24, 2.45) is 0 Å². The highest BCUT2D eigenvalue weighted by Gasteiger charge is 2.08. The number of nitrogens with one attached hydrogen (secondary N) is 3. The van der Waals surface area contributed by atoms with E-state index >= 15 is 0 Å². The van der Waals surface area contributed by atoms with Gasteiger partial charge in [-0.25, -0.2) is 4.98 Å². The average molecular weight is 374 g/mol. The molecule has 2 aromatic carbocycles. The van der Waals surface area contributed by atoms with E-state index in [4.69, 9.17) is 0 Å². The molecule has 0 atom stereocenters. The van der Waals surface area contributed by atoms with Crippen LogP contribution in [0.1, 0.15) is 28.4 Å². The Kier molecular flexibility index (Phi) is 5.69. The van der Waals surface area contributed by atoms with E-state index in [1.165, 1.54) is 6.92 Å². The quantitative estimate of drug-likeness (QED) is 0.607. The number of rotatable bonds is 5. The van der Waals surface area contributed by atoms with Crippen molar-refractivity contribution < 1.29 is 9.59 Å². The summed E-state index contributed by atoms with van der Waals surface area (Å²) in [5.41, 5.74) is 5.04. The Morgan fingerprint density at radius 1 is 0.786 bits per heavy atom. The van der Waals surface area contributed by atoms with Gasteiger partial charge in [-0.05, 0) is 73.5 Å². The van der Waals surface area contributed by atoms with Crippen LogP contribution in [0.4, 0.5) is 22.9 Å². The molecule has 6 heteroatoms. The van der Waals surface area contributed by atoms with E-state index in [0.717, 1.165) is 16.8 Å². The average Bonchev–Trinajstić information content (AvgIpc) is 2.62. The Morgan fingerprint density at radius 2 is 1.39 bits per heavy atom. The maximum atomic E-state index is 12.6. The molecule has 3 aromatic rings. The molecule has 3 N–H and O–H groups in total. The van der Waals surface area contributed by atoms with Gasteiger partial charge < -0.3 is 16.0 Å². The van der Waals surface area contributed by atoms with E-state index < -0.39 is 0 Å². The molecule has 0 aliphatic carbocycles. The second kappa shape index (κ2) is 8.35. The van der Waals surface area contributed by atoms with Crippen molar-refractivity contribution in [3.05, 3.63) is 77.5 Å². The van der Waals surface area contributed by atoms with Crippen molar-refractivity contribution in [2.75, 3.05) is 16.0 Å². The molecule has 0 unspecified atom stereocenters. The van der Waals surface area contributed by atoms with Gasteiger partial charge in [0.1, 0.15) is 5.82 Å². The van der Waals surface area contributed by atoms with Crippen molar-refractivity contribution in [3.63, 3.8) is 0 Å². The zero-order chi connectivity index (χ0) is 20.1. The van der Waals surface area contributed by atoms with Crippen LogP contribution in [-0.2, 0) is 4.79 Å². The second-order valence-corrected chi connectivity index (χ2v) is 6.64. The Hall–Kier alpha value is -3.67. The van der Waals surface area contributed by atoms with Gasteiger partial charge >= 0.3 is 0 Å². The van der Waals surface area contributed by atoms with E-state index in [1.807, 2.05) is 26.0 Å². The fourth-order valence-corrected chi connectivity index (χ4v) is 2.88. The van der Waals surface area contributed by atoms with Crippen LogP contribution in [0.5, 0.6) is 0 Å². The van der Waals surface area contributed by atoms with Crippen LogP contribution in [0.25, 0.3) is 0 Å². The minimum absolute atomic E-state index is 0.141. The molecule has 0 bridgehead atoms. The predicted octanol–water partition coefficient (Wildman–Crippen LogP) is 4.65. The zero-order valence-electron chi connectivity index (χ0n) is 16.0. The van der Waals surface area contributed by atoms with Gasteiger partial charge in [-0.15, -0.1) is 0 Å². The van der Waals surface area contributed by atoms with Crippen LogP contribution >= 0.6 is 0 Å². The van der Waals surface area contributed by atoms with Crippen LogP contribution < -0.4 is 16.0 Å². The molecule has 1 heterocycles. The van der Waals surface area contributed by atoms with E-state index in [9.17, 15) is 9.59 Å². The number of aryl methyl sites for hydroxylation is 2. The highest BCUT2D eigenvalue weighted by atomic mass is 16.2. The Morgan fingerprint density at radius 3 is 2.00 bits per heavy atom. The number of hydrogen-bond acceptors (Lipinski definition) is 4. The summed E-state index contributed by atoms with van der Waals surface area (Å²) in [5.74, 6) is 0.217. The monoisotopic (exact) mass is 374 g/mol. The van der Waals surface area contributed by atoms with Crippen molar-refractivity contribution in [2.45, 2.75) is 20.8 Å². The lowest BCUT2D eigenvalue weighted by molar-refractivity contribution is -0.114. The van der Waals surface area contributed by atoms with Crippen LogP contribution in [0, 0.1) is 13.8 Å². The van der Waals surface area contributed by atoms with E-state index in [-0.39, 0.29) is 11.8 Å². The Bertz CT molecular complexity index is 993.